The zero-order valence-corrected chi connectivity index (χ0v) is 10.9. The maximum atomic E-state index is 5.59. The molecular formula is C12H25NO3. The van der Waals surface area contributed by atoms with E-state index in [0.717, 1.165) is 26.1 Å². The topological polar surface area (TPSA) is 39.7 Å². The Labute approximate surface area is 98.6 Å². The van der Waals surface area contributed by atoms with E-state index in [0.29, 0.717) is 12.1 Å². The molecular weight excluding hydrogens is 206 g/mol. The standard InChI is InChI=1S/C12H25NO3/c1-5-9(8-14-3)13-10-7-11(16-6-2)12(10)15-4/h9-13H,5-8H2,1-4H3. The number of nitrogens with one attached hydrogen (secondary N) is 1. The Hall–Kier alpha value is -0.160. The lowest BCUT2D eigenvalue weighted by Gasteiger charge is -2.44. The van der Waals surface area contributed by atoms with E-state index in [1.54, 1.807) is 14.2 Å². The second-order valence-electron chi connectivity index (χ2n) is 4.26. The summed E-state index contributed by atoms with van der Waals surface area (Å²) in [6, 6.07) is 0.817. The minimum absolute atomic E-state index is 0.186. The fourth-order valence-electron chi connectivity index (χ4n) is 2.23. The molecule has 0 heterocycles. The van der Waals surface area contributed by atoms with E-state index in [-0.39, 0.29) is 12.2 Å². The van der Waals surface area contributed by atoms with Crippen LogP contribution in [0.15, 0.2) is 0 Å². The van der Waals surface area contributed by atoms with Crippen LogP contribution >= 0.6 is 0 Å². The monoisotopic (exact) mass is 231 g/mol. The molecule has 1 saturated carbocycles. The van der Waals surface area contributed by atoms with E-state index in [9.17, 15) is 0 Å². The maximum absolute atomic E-state index is 5.59. The largest absolute Gasteiger partial charge is 0.383 e. The van der Waals surface area contributed by atoms with E-state index >= 15 is 0 Å². The van der Waals surface area contributed by atoms with Gasteiger partial charge in [-0.25, -0.2) is 0 Å². The van der Waals surface area contributed by atoms with Gasteiger partial charge in [0.15, 0.2) is 0 Å². The van der Waals surface area contributed by atoms with E-state index < -0.39 is 0 Å². The Morgan fingerprint density at radius 3 is 2.56 bits per heavy atom. The zero-order valence-electron chi connectivity index (χ0n) is 10.9. The zero-order chi connectivity index (χ0) is 12.0. The fraction of sp³-hybridized carbons (Fsp3) is 1.00. The highest BCUT2D eigenvalue weighted by molar-refractivity contribution is 4.98. The van der Waals surface area contributed by atoms with Crippen molar-refractivity contribution in [3.63, 3.8) is 0 Å². The van der Waals surface area contributed by atoms with Crippen LogP contribution in [0.4, 0.5) is 0 Å². The van der Waals surface area contributed by atoms with Crippen molar-refractivity contribution >= 4 is 0 Å². The molecule has 96 valence electrons. The molecule has 4 heteroatoms. The van der Waals surface area contributed by atoms with Gasteiger partial charge in [-0.2, -0.15) is 0 Å². The minimum Gasteiger partial charge on any atom is -0.383 e. The SMILES string of the molecule is CCOC1CC(NC(CC)COC)C1OC. The third-order valence-electron chi connectivity index (χ3n) is 3.21. The van der Waals surface area contributed by atoms with Crippen LogP contribution in [0, 0.1) is 0 Å². The highest BCUT2D eigenvalue weighted by Crippen LogP contribution is 2.27. The predicted molar refractivity (Wildman–Crippen MR) is 63.7 cm³/mol. The lowest BCUT2D eigenvalue weighted by atomic mass is 9.84. The first-order valence-corrected chi connectivity index (χ1v) is 6.16. The molecule has 0 aromatic heterocycles. The van der Waals surface area contributed by atoms with Crippen LogP contribution in [-0.4, -0.2) is 51.7 Å². The van der Waals surface area contributed by atoms with Crippen molar-refractivity contribution in [2.45, 2.75) is 51.0 Å². The van der Waals surface area contributed by atoms with Crippen LogP contribution in [0.2, 0.25) is 0 Å². The first kappa shape index (κ1) is 13.9. The first-order chi connectivity index (χ1) is 7.76. The minimum atomic E-state index is 0.186. The Kier molecular flexibility index (Phi) is 6.28. The van der Waals surface area contributed by atoms with Gasteiger partial charge in [0.1, 0.15) is 0 Å². The van der Waals surface area contributed by atoms with E-state index in [1.165, 1.54) is 0 Å². The van der Waals surface area contributed by atoms with Gasteiger partial charge in [-0.05, 0) is 19.8 Å². The molecule has 1 aliphatic rings. The fourth-order valence-corrected chi connectivity index (χ4v) is 2.23. The molecule has 4 nitrogen and oxygen atoms in total. The molecule has 16 heavy (non-hydrogen) atoms. The quantitative estimate of drug-likeness (QED) is 0.681. The number of ether oxygens (including phenoxy) is 3. The summed E-state index contributed by atoms with van der Waals surface area (Å²) in [5.74, 6) is 0. The van der Waals surface area contributed by atoms with Crippen LogP contribution in [-0.2, 0) is 14.2 Å². The van der Waals surface area contributed by atoms with Gasteiger partial charge in [0.2, 0.25) is 0 Å². The predicted octanol–water partition coefficient (Wildman–Crippen LogP) is 1.19. The van der Waals surface area contributed by atoms with Gasteiger partial charge >= 0.3 is 0 Å². The summed E-state index contributed by atoms with van der Waals surface area (Å²) in [6.07, 6.45) is 2.55. The lowest BCUT2D eigenvalue weighted by molar-refractivity contribution is -0.134. The Morgan fingerprint density at radius 2 is 2.06 bits per heavy atom. The van der Waals surface area contributed by atoms with Crippen molar-refractivity contribution < 1.29 is 14.2 Å². The maximum Gasteiger partial charge on any atom is 0.0986 e. The smallest absolute Gasteiger partial charge is 0.0986 e. The molecule has 0 aromatic rings. The first-order valence-electron chi connectivity index (χ1n) is 6.16. The van der Waals surface area contributed by atoms with Crippen LogP contribution in [0.3, 0.4) is 0 Å². The average molecular weight is 231 g/mol. The number of methoxy groups -OCH3 is 2. The Morgan fingerprint density at radius 1 is 1.31 bits per heavy atom. The third kappa shape index (κ3) is 3.42. The third-order valence-corrected chi connectivity index (χ3v) is 3.21. The lowest BCUT2D eigenvalue weighted by Crippen LogP contribution is -2.62. The molecule has 0 aliphatic heterocycles. The van der Waals surface area contributed by atoms with Crippen molar-refractivity contribution in [1.29, 1.82) is 0 Å². The molecule has 1 N–H and O–H groups in total. The van der Waals surface area contributed by atoms with Crippen molar-refractivity contribution in [2.75, 3.05) is 27.4 Å². The van der Waals surface area contributed by atoms with Crippen molar-refractivity contribution in [3.8, 4) is 0 Å². The average Bonchev–Trinajstić information content (AvgIpc) is 2.26. The number of rotatable bonds is 8. The van der Waals surface area contributed by atoms with E-state index in [2.05, 4.69) is 12.2 Å². The van der Waals surface area contributed by atoms with Crippen molar-refractivity contribution in [2.24, 2.45) is 0 Å². The van der Waals surface area contributed by atoms with Gasteiger partial charge in [0, 0.05) is 32.9 Å². The number of hydrogen-bond donors (Lipinski definition) is 1. The second-order valence-corrected chi connectivity index (χ2v) is 4.26. The van der Waals surface area contributed by atoms with Crippen LogP contribution in [0.5, 0.6) is 0 Å². The molecule has 4 unspecified atom stereocenters. The van der Waals surface area contributed by atoms with Gasteiger partial charge in [0.25, 0.3) is 0 Å². The van der Waals surface area contributed by atoms with Gasteiger partial charge in [-0.15, -0.1) is 0 Å². The van der Waals surface area contributed by atoms with E-state index in [1.807, 2.05) is 6.92 Å². The molecule has 1 fully saturated rings. The van der Waals surface area contributed by atoms with Crippen molar-refractivity contribution in [3.05, 3.63) is 0 Å². The molecule has 4 atom stereocenters. The summed E-state index contributed by atoms with van der Waals surface area (Å²) in [6.45, 7) is 5.69. The van der Waals surface area contributed by atoms with Crippen LogP contribution < -0.4 is 5.32 Å². The summed E-state index contributed by atoms with van der Waals surface area (Å²) in [7, 11) is 3.49. The molecule has 1 aliphatic carbocycles. The molecule has 0 radical (unpaired) electrons. The summed E-state index contributed by atoms with van der Waals surface area (Å²) < 4.78 is 16.2. The molecule has 0 aromatic carbocycles. The summed E-state index contributed by atoms with van der Waals surface area (Å²) >= 11 is 0. The van der Waals surface area contributed by atoms with Gasteiger partial charge in [-0.3, -0.25) is 0 Å². The van der Waals surface area contributed by atoms with Crippen LogP contribution in [0.1, 0.15) is 26.7 Å². The van der Waals surface area contributed by atoms with Crippen LogP contribution in [0.25, 0.3) is 0 Å². The summed E-state index contributed by atoms with van der Waals surface area (Å²) in [4.78, 5) is 0. The summed E-state index contributed by atoms with van der Waals surface area (Å²) in [5.41, 5.74) is 0. The van der Waals surface area contributed by atoms with Gasteiger partial charge < -0.3 is 19.5 Å². The highest BCUT2D eigenvalue weighted by atomic mass is 16.5. The second kappa shape index (κ2) is 7.22. The van der Waals surface area contributed by atoms with Gasteiger partial charge in [0.05, 0.1) is 18.8 Å². The normalized spacial score (nSPS) is 31.1. The van der Waals surface area contributed by atoms with Crippen molar-refractivity contribution in [1.82, 2.24) is 5.32 Å². The summed E-state index contributed by atoms with van der Waals surface area (Å²) in [5, 5.41) is 3.56. The number of hydrogen-bond acceptors (Lipinski definition) is 4. The Bertz CT molecular complexity index is 189. The van der Waals surface area contributed by atoms with Gasteiger partial charge in [-0.1, -0.05) is 6.92 Å². The Balaban J connectivity index is 2.32. The molecule has 0 spiro atoms. The van der Waals surface area contributed by atoms with E-state index in [4.69, 9.17) is 14.2 Å². The highest BCUT2D eigenvalue weighted by Gasteiger charge is 2.42. The molecule has 0 bridgehead atoms. The molecule has 0 amide bonds. The molecule has 0 saturated heterocycles. The molecule has 1 rings (SSSR count).